The molecule has 0 radical (unpaired) electrons. The zero-order valence-electron chi connectivity index (χ0n) is 10.6. The molecule has 0 spiro atoms. The highest BCUT2D eigenvalue weighted by atomic mass is 35.5. The van der Waals surface area contributed by atoms with Crippen molar-refractivity contribution in [2.75, 3.05) is 5.88 Å². The van der Waals surface area contributed by atoms with Gasteiger partial charge in [-0.2, -0.15) is 0 Å². The van der Waals surface area contributed by atoms with E-state index in [1.165, 1.54) is 0 Å². The van der Waals surface area contributed by atoms with Crippen molar-refractivity contribution in [2.45, 2.75) is 26.8 Å². The van der Waals surface area contributed by atoms with Crippen LogP contribution in [-0.4, -0.2) is 21.2 Å². The molecule has 96 valence electrons. The number of aromatic nitrogens is 2. The van der Waals surface area contributed by atoms with E-state index in [2.05, 4.69) is 16.5 Å². The maximum atomic E-state index is 11.8. The van der Waals surface area contributed by atoms with E-state index in [0.717, 1.165) is 16.4 Å². The molecule has 1 atom stereocenters. The summed E-state index contributed by atoms with van der Waals surface area (Å²) in [5.41, 5.74) is 2.73. The third-order valence-electron chi connectivity index (χ3n) is 3.10. The summed E-state index contributed by atoms with van der Waals surface area (Å²) in [7, 11) is 0. The molecule has 2 rings (SSSR count). The molecule has 2 aromatic heterocycles. The highest BCUT2D eigenvalue weighted by molar-refractivity contribution is 7.09. The Bertz CT molecular complexity index is 560. The van der Waals surface area contributed by atoms with Crippen LogP contribution in [0.2, 0.25) is 0 Å². The number of alkyl halides is 1. The van der Waals surface area contributed by atoms with Crippen LogP contribution in [0, 0.1) is 13.8 Å². The molecule has 2 aromatic rings. The Balaban J connectivity index is 2.46. The van der Waals surface area contributed by atoms with E-state index in [0.29, 0.717) is 5.56 Å². The van der Waals surface area contributed by atoms with Crippen LogP contribution >= 0.6 is 22.9 Å². The highest BCUT2D eigenvalue weighted by Crippen LogP contribution is 2.26. The summed E-state index contributed by atoms with van der Waals surface area (Å²) in [5, 5.41) is 3.01. The van der Waals surface area contributed by atoms with E-state index in [4.69, 9.17) is 11.6 Å². The summed E-state index contributed by atoms with van der Waals surface area (Å²) in [4.78, 5) is 16.1. The van der Waals surface area contributed by atoms with Gasteiger partial charge in [0.1, 0.15) is 5.01 Å². The minimum absolute atomic E-state index is 0.0237. The van der Waals surface area contributed by atoms with Crippen LogP contribution in [0.3, 0.4) is 0 Å². The first-order chi connectivity index (χ1) is 8.56. The lowest BCUT2D eigenvalue weighted by Gasteiger charge is -2.16. The summed E-state index contributed by atoms with van der Waals surface area (Å²) >= 11 is 7.25. The maximum absolute atomic E-state index is 11.8. The van der Waals surface area contributed by atoms with Gasteiger partial charge >= 0.3 is 0 Å². The molecule has 0 aliphatic heterocycles. The molecule has 0 saturated heterocycles. The number of Topliss-reactive ketones (excluding diaryl/α,β-unsaturated/α-hetero) is 1. The van der Waals surface area contributed by atoms with Crippen molar-refractivity contribution >= 4 is 28.7 Å². The number of hydrogen-bond acceptors (Lipinski definition) is 3. The third-order valence-corrected chi connectivity index (χ3v) is 4.29. The second-order valence-corrected chi connectivity index (χ2v) is 5.45. The molecule has 0 aliphatic carbocycles. The number of nitrogens with zero attached hydrogens (tertiary/aromatic N) is 2. The summed E-state index contributed by atoms with van der Waals surface area (Å²) in [6.07, 6.45) is 1.80. The van der Waals surface area contributed by atoms with Crippen molar-refractivity contribution in [3.8, 4) is 0 Å². The molecule has 5 heteroatoms. The Morgan fingerprint density at radius 3 is 2.83 bits per heavy atom. The molecule has 18 heavy (non-hydrogen) atoms. The zero-order chi connectivity index (χ0) is 13.3. The Labute approximate surface area is 115 Å². The van der Waals surface area contributed by atoms with Crippen LogP contribution < -0.4 is 0 Å². The monoisotopic (exact) mass is 282 g/mol. The van der Waals surface area contributed by atoms with E-state index in [-0.39, 0.29) is 17.7 Å². The van der Waals surface area contributed by atoms with E-state index < -0.39 is 0 Å². The first kappa shape index (κ1) is 13.3. The van der Waals surface area contributed by atoms with Crippen molar-refractivity contribution in [1.82, 2.24) is 9.55 Å². The Kier molecular flexibility index (Phi) is 3.88. The predicted molar refractivity (Wildman–Crippen MR) is 74.9 cm³/mol. The maximum Gasteiger partial charge on any atom is 0.179 e. The van der Waals surface area contributed by atoms with Gasteiger partial charge in [0.25, 0.3) is 0 Å². The van der Waals surface area contributed by atoms with Crippen molar-refractivity contribution in [3.05, 3.63) is 39.6 Å². The summed E-state index contributed by atoms with van der Waals surface area (Å²) in [5.74, 6) is -0.00186. The van der Waals surface area contributed by atoms with E-state index in [1.807, 2.05) is 25.3 Å². The number of carbonyl (C=O) groups is 1. The minimum atomic E-state index is -0.0256. The number of rotatable bonds is 4. The van der Waals surface area contributed by atoms with E-state index >= 15 is 0 Å². The van der Waals surface area contributed by atoms with Gasteiger partial charge < -0.3 is 4.57 Å². The molecule has 0 fully saturated rings. The van der Waals surface area contributed by atoms with Gasteiger partial charge in [-0.05, 0) is 26.8 Å². The molecule has 0 amide bonds. The molecule has 2 heterocycles. The zero-order valence-corrected chi connectivity index (χ0v) is 12.2. The fourth-order valence-corrected chi connectivity index (χ4v) is 3.11. The van der Waals surface area contributed by atoms with Gasteiger partial charge in [-0.3, -0.25) is 4.79 Å². The molecule has 0 saturated carbocycles. The smallest absolute Gasteiger partial charge is 0.179 e. The average Bonchev–Trinajstić information content (AvgIpc) is 2.96. The van der Waals surface area contributed by atoms with Gasteiger partial charge in [-0.1, -0.05) is 0 Å². The first-order valence-corrected chi connectivity index (χ1v) is 7.14. The SMILES string of the molecule is Cc1cc(C(=O)CCl)c(C)n1C(C)c1nccs1. The van der Waals surface area contributed by atoms with Crippen LogP contribution in [0.15, 0.2) is 17.6 Å². The Morgan fingerprint density at radius 2 is 2.28 bits per heavy atom. The fraction of sp³-hybridized carbons (Fsp3) is 0.385. The first-order valence-electron chi connectivity index (χ1n) is 5.73. The van der Waals surface area contributed by atoms with E-state index in [1.54, 1.807) is 17.5 Å². The van der Waals surface area contributed by atoms with E-state index in [9.17, 15) is 4.79 Å². The van der Waals surface area contributed by atoms with Crippen LogP contribution in [0.4, 0.5) is 0 Å². The summed E-state index contributed by atoms with van der Waals surface area (Å²) in [6, 6.07) is 2.05. The van der Waals surface area contributed by atoms with Crippen molar-refractivity contribution in [1.29, 1.82) is 0 Å². The van der Waals surface area contributed by atoms with Gasteiger partial charge in [0.15, 0.2) is 5.78 Å². The van der Waals surface area contributed by atoms with Crippen molar-refractivity contribution in [3.63, 3.8) is 0 Å². The molecule has 0 bridgehead atoms. The van der Waals surface area contributed by atoms with Gasteiger partial charge in [-0.15, -0.1) is 22.9 Å². The van der Waals surface area contributed by atoms with Gasteiger partial charge in [0, 0.05) is 28.5 Å². The number of aryl methyl sites for hydroxylation is 1. The minimum Gasteiger partial charge on any atom is -0.339 e. The normalized spacial score (nSPS) is 12.7. The van der Waals surface area contributed by atoms with Crippen molar-refractivity contribution in [2.24, 2.45) is 0 Å². The second-order valence-electron chi connectivity index (χ2n) is 4.26. The van der Waals surface area contributed by atoms with Crippen LogP contribution in [0.5, 0.6) is 0 Å². The summed E-state index contributed by atoms with van der Waals surface area (Å²) < 4.78 is 2.14. The van der Waals surface area contributed by atoms with Gasteiger partial charge in [0.05, 0.1) is 11.9 Å². The highest BCUT2D eigenvalue weighted by Gasteiger charge is 2.20. The molecule has 0 aliphatic rings. The number of halogens is 1. The fourth-order valence-electron chi connectivity index (χ4n) is 2.28. The Morgan fingerprint density at radius 1 is 1.56 bits per heavy atom. The lowest BCUT2D eigenvalue weighted by atomic mass is 10.2. The molecule has 0 aromatic carbocycles. The number of ketones is 1. The van der Waals surface area contributed by atoms with Crippen molar-refractivity contribution < 1.29 is 4.79 Å². The standard InChI is InChI=1S/C13H15ClN2OS/c1-8-6-11(12(17)7-14)9(2)16(8)10(3)13-15-4-5-18-13/h4-6,10H,7H2,1-3H3. The number of thiazole rings is 1. The molecule has 0 N–H and O–H groups in total. The average molecular weight is 283 g/mol. The summed E-state index contributed by atoms with van der Waals surface area (Å²) in [6.45, 7) is 6.05. The molecular weight excluding hydrogens is 268 g/mol. The lowest BCUT2D eigenvalue weighted by molar-refractivity contribution is 0.102. The number of carbonyl (C=O) groups excluding carboxylic acids is 1. The largest absolute Gasteiger partial charge is 0.339 e. The topological polar surface area (TPSA) is 34.9 Å². The lowest BCUT2D eigenvalue weighted by Crippen LogP contribution is -2.11. The van der Waals surface area contributed by atoms with Gasteiger partial charge in [0.2, 0.25) is 0 Å². The predicted octanol–water partition coefficient (Wildman–Crippen LogP) is 3.59. The quantitative estimate of drug-likeness (QED) is 0.634. The molecule has 3 nitrogen and oxygen atoms in total. The molecule has 1 unspecified atom stereocenters. The number of hydrogen-bond donors (Lipinski definition) is 0. The van der Waals surface area contributed by atoms with Crippen LogP contribution in [0.25, 0.3) is 0 Å². The Hall–Kier alpha value is -1.13. The van der Waals surface area contributed by atoms with Crippen LogP contribution in [0.1, 0.15) is 39.7 Å². The third kappa shape index (κ3) is 2.22. The molecular formula is C13H15ClN2OS. The second kappa shape index (κ2) is 5.24. The van der Waals surface area contributed by atoms with Crippen LogP contribution in [-0.2, 0) is 0 Å². The van der Waals surface area contributed by atoms with Gasteiger partial charge in [-0.25, -0.2) is 4.98 Å².